The summed E-state index contributed by atoms with van der Waals surface area (Å²) < 4.78 is 1.39. The number of anilines is 1. The van der Waals surface area contributed by atoms with Gasteiger partial charge in [-0.25, -0.2) is 0 Å². The van der Waals surface area contributed by atoms with E-state index < -0.39 is 0 Å². The second-order valence-electron chi connectivity index (χ2n) is 8.73. The molecule has 3 N–H and O–H groups in total. The van der Waals surface area contributed by atoms with Gasteiger partial charge in [0.2, 0.25) is 11.8 Å². The van der Waals surface area contributed by atoms with E-state index in [-0.39, 0.29) is 29.6 Å². The second-order valence-corrected chi connectivity index (χ2v) is 8.73. The monoisotopic (exact) mass is 435 g/mol. The molecule has 8 nitrogen and oxygen atoms in total. The molecule has 0 bridgehead atoms. The van der Waals surface area contributed by atoms with Gasteiger partial charge < -0.3 is 15.2 Å². The Balaban J connectivity index is 0.000000433. The lowest BCUT2D eigenvalue weighted by molar-refractivity contribution is -0.122. The molecule has 168 valence electrons. The zero-order valence-electron chi connectivity index (χ0n) is 18.5. The van der Waals surface area contributed by atoms with Crippen molar-refractivity contribution in [2.45, 2.75) is 59.0 Å². The first-order valence-corrected chi connectivity index (χ1v) is 11.1. The van der Waals surface area contributed by atoms with Crippen molar-refractivity contribution < 1.29 is 9.59 Å². The normalized spacial score (nSPS) is 15.2. The first kappa shape index (κ1) is 21.8. The van der Waals surface area contributed by atoms with Gasteiger partial charge in [0.1, 0.15) is 12.2 Å². The van der Waals surface area contributed by atoms with Gasteiger partial charge in [-0.2, -0.15) is 5.10 Å². The molecular weight excluding hydrogens is 406 g/mol. The summed E-state index contributed by atoms with van der Waals surface area (Å²) in [6, 6.07) is 7.62. The van der Waals surface area contributed by atoms with Gasteiger partial charge in [-0.15, -0.1) is 0 Å². The Kier molecular flexibility index (Phi) is 6.39. The van der Waals surface area contributed by atoms with E-state index in [1.54, 1.807) is 13.1 Å². The third kappa shape index (κ3) is 4.90. The number of amides is 2. The molecule has 1 aliphatic heterocycles. The second kappa shape index (κ2) is 9.38. The van der Waals surface area contributed by atoms with Crippen LogP contribution in [0, 0.1) is 12.8 Å². The summed E-state index contributed by atoms with van der Waals surface area (Å²) >= 11 is 0. The first-order valence-electron chi connectivity index (χ1n) is 11.1. The molecule has 32 heavy (non-hydrogen) atoms. The minimum absolute atomic E-state index is 0.0955. The van der Waals surface area contributed by atoms with Crippen LogP contribution < -0.4 is 16.2 Å². The number of benzene rings is 1. The number of carbonyl (C=O) groups is 2. The molecule has 1 aromatic carbocycles. The molecule has 1 saturated carbocycles. The molecule has 1 fully saturated rings. The Labute approximate surface area is 186 Å². The fraction of sp³-hybridized carbons (Fsp3) is 0.417. The molecule has 2 aliphatic rings. The number of aromatic amines is 1. The zero-order chi connectivity index (χ0) is 22.7. The lowest BCUT2D eigenvalue weighted by atomic mass is 9.88. The fourth-order valence-electron chi connectivity index (χ4n) is 3.93. The predicted octanol–water partition coefficient (Wildman–Crippen LogP) is 3.04. The SMILES string of the molecule is CC1CCC1.Cc1cc2c(c(=O)n1CC(=O)NCc1ccc3[nH]ncc3c1)NC(=O)CC2. The number of pyridine rings is 1. The predicted molar refractivity (Wildman–Crippen MR) is 123 cm³/mol. The number of H-pyrrole nitrogens is 1. The quantitative estimate of drug-likeness (QED) is 0.585. The topological polar surface area (TPSA) is 109 Å². The Morgan fingerprint density at radius 2 is 2.00 bits per heavy atom. The Morgan fingerprint density at radius 1 is 1.22 bits per heavy atom. The lowest BCUT2D eigenvalue weighted by Crippen LogP contribution is -2.36. The number of aromatic nitrogens is 3. The number of hydrogen-bond donors (Lipinski definition) is 3. The van der Waals surface area contributed by atoms with E-state index in [1.165, 1.54) is 23.8 Å². The summed E-state index contributed by atoms with van der Waals surface area (Å²) in [5.74, 6) is 0.624. The smallest absolute Gasteiger partial charge is 0.275 e. The van der Waals surface area contributed by atoms with E-state index in [0.29, 0.717) is 25.1 Å². The summed E-state index contributed by atoms with van der Waals surface area (Å²) in [7, 11) is 0. The van der Waals surface area contributed by atoms with Crippen LogP contribution in [-0.4, -0.2) is 26.6 Å². The van der Waals surface area contributed by atoms with Crippen LogP contribution in [0.15, 0.2) is 35.3 Å². The van der Waals surface area contributed by atoms with Crippen molar-refractivity contribution in [2.24, 2.45) is 5.92 Å². The molecule has 2 amide bonds. The molecule has 5 rings (SSSR count). The van der Waals surface area contributed by atoms with Crippen molar-refractivity contribution in [1.82, 2.24) is 20.1 Å². The van der Waals surface area contributed by atoms with Crippen LogP contribution in [0.4, 0.5) is 5.69 Å². The largest absolute Gasteiger partial charge is 0.350 e. The summed E-state index contributed by atoms with van der Waals surface area (Å²) in [6.45, 7) is 4.36. The highest BCUT2D eigenvalue weighted by Gasteiger charge is 2.21. The van der Waals surface area contributed by atoms with Crippen LogP contribution in [0.1, 0.15) is 49.4 Å². The number of aryl methyl sites for hydroxylation is 2. The standard InChI is InChI=1S/C19H19N5O3.C5H10/c1-11-6-13-3-5-16(25)22-18(13)19(27)24(11)10-17(26)20-8-12-2-4-15-14(7-12)9-21-23-15;1-5-3-2-4-5/h2,4,6-7,9H,3,5,8,10H2,1H3,(H,20,26)(H,21,23)(H,22,25);5H,2-4H2,1H3. The van der Waals surface area contributed by atoms with Crippen LogP contribution in [0.5, 0.6) is 0 Å². The average molecular weight is 436 g/mol. The summed E-state index contributed by atoms with van der Waals surface area (Å²) in [5, 5.41) is 13.3. The highest BCUT2D eigenvalue weighted by molar-refractivity contribution is 5.93. The van der Waals surface area contributed by atoms with Gasteiger partial charge in [-0.3, -0.25) is 19.5 Å². The molecule has 8 heteroatoms. The summed E-state index contributed by atoms with van der Waals surface area (Å²) in [5.41, 5.74) is 3.34. The Bertz CT molecular complexity index is 1210. The van der Waals surface area contributed by atoms with Gasteiger partial charge in [0.05, 0.1) is 11.7 Å². The number of rotatable bonds is 4. The maximum atomic E-state index is 12.7. The van der Waals surface area contributed by atoms with Crippen molar-refractivity contribution in [3.63, 3.8) is 0 Å². The number of hydrogen-bond acceptors (Lipinski definition) is 4. The van der Waals surface area contributed by atoms with E-state index in [4.69, 9.17) is 0 Å². The van der Waals surface area contributed by atoms with Gasteiger partial charge in [0, 0.05) is 24.0 Å². The molecule has 1 aliphatic carbocycles. The lowest BCUT2D eigenvalue weighted by Gasteiger charge is -2.19. The maximum absolute atomic E-state index is 12.7. The number of nitrogens with one attached hydrogen (secondary N) is 3. The highest BCUT2D eigenvalue weighted by atomic mass is 16.2. The van der Waals surface area contributed by atoms with Gasteiger partial charge >= 0.3 is 0 Å². The Hall–Kier alpha value is -3.42. The minimum Gasteiger partial charge on any atom is -0.350 e. The van der Waals surface area contributed by atoms with Crippen LogP contribution in [0.25, 0.3) is 10.9 Å². The van der Waals surface area contributed by atoms with Gasteiger partial charge in [-0.05, 0) is 48.6 Å². The van der Waals surface area contributed by atoms with Crippen molar-refractivity contribution in [1.29, 1.82) is 0 Å². The van der Waals surface area contributed by atoms with Crippen molar-refractivity contribution >= 4 is 28.4 Å². The van der Waals surface area contributed by atoms with Crippen molar-refractivity contribution in [2.75, 3.05) is 5.32 Å². The van der Waals surface area contributed by atoms with E-state index in [1.807, 2.05) is 24.3 Å². The molecule has 0 saturated heterocycles. The van der Waals surface area contributed by atoms with Crippen LogP contribution >= 0.6 is 0 Å². The zero-order valence-corrected chi connectivity index (χ0v) is 18.5. The van der Waals surface area contributed by atoms with Gasteiger partial charge in [0.25, 0.3) is 5.56 Å². The first-order chi connectivity index (χ1) is 15.4. The molecule has 0 atom stereocenters. The minimum atomic E-state index is -0.340. The summed E-state index contributed by atoms with van der Waals surface area (Å²) in [4.78, 5) is 36.6. The number of fused-ring (bicyclic) bond motifs is 2. The van der Waals surface area contributed by atoms with E-state index >= 15 is 0 Å². The molecule has 3 aromatic rings. The maximum Gasteiger partial charge on any atom is 0.275 e. The Morgan fingerprint density at radius 3 is 2.72 bits per heavy atom. The van der Waals surface area contributed by atoms with Crippen LogP contribution in [-0.2, 0) is 29.1 Å². The molecule has 0 unspecified atom stereocenters. The van der Waals surface area contributed by atoms with Gasteiger partial charge in [-0.1, -0.05) is 32.3 Å². The average Bonchev–Trinajstić information content (AvgIpc) is 3.23. The molecular formula is C24H29N5O3. The van der Waals surface area contributed by atoms with Crippen LogP contribution in [0.3, 0.4) is 0 Å². The third-order valence-corrected chi connectivity index (χ3v) is 6.16. The molecule has 0 radical (unpaired) electrons. The van der Waals surface area contributed by atoms with E-state index in [2.05, 4.69) is 27.8 Å². The summed E-state index contributed by atoms with van der Waals surface area (Å²) in [6.07, 6.45) is 7.10. The van der Waals surface area contributed by atoms with Crippen molar-refractivity contribution in [3.8, 4) is 0 Å². The molecule has 3 heterocycles. The number of carbonyl (C=O) groups excluding carboxylic acids is 2. The highest BCUT2D eigenvalue weighted by Crippen LogP contribution is 2.24. The van der Waals surface area contributed by atoms with E-state index in [0.717, 1.165) is 27.9 Å². The number of nitrogens with zero attached hydrogens (tertiary/aromatic N) is 2. The third-order valence-electron chi connectivity index (χ3n) is 6.16. The van der Waals surface area contributed by atoms with Gasteiger partial charge in [0.15, 0.2) is 0 Å². The molecule has 0 spiro atoms. The van der Waals surface area contributed by atoms with Crippen LogP contribution in [0.2, 0.25) is 0 Å². The molecule has 2 aromatic heterocycles. The van der Waals surface area contributed by atoms with E-state index in [9.17, 15) is 14.4 Å². The van der Waals surface area contributed by atoms with Crippen molar-refractivity contribution in [3.05, 3.63) is 57.6 Å². The fourth-order valence-corrected chi connectivity index (χ4v) is 3.93.